The Hall–Kier alpha value is -5.09. The molecule has 198 valence electrons. The van der Waals surface area contributed by atoms with E-state index in [1.165, 1.54) is 4.52 Å². The topological polar surface area (TPSA) is 101 Å². The molecule has 0 aliphatic carbocycles. The van der Waals surface area contributed by atoms with Gasteiger partial charge in [0.15, 0.2) is 11.5 Å². The van der Waals surface area contributed by atoms with Crippen molar-refractivity contribution in [1.82, 2.24) is 24.4 Å². The first-order valence-corrected chi connectivity index (χ1v) is 13.2. The highest BCUT2D eigenvalue weighted by atomic mass is 32.1. The summed E-state index contributed by atoms with van der Waals surface area (Å²) < 4.78 is 14.2. The van der Waals surface area contributed by atoms with Gasteiger partial charge in [-0.3, -0.25) is 9.59 Å². The molecule has 6 rings (SSSR count). The van der Waals surface area contributed by atoms with E-state index < -0.39 is 5.56 Å². The maximum absolute atomic E-state index is 13.4. The van der Waals surface area contributed by atoms with Crippen molar-refractivity contribution < 1.29 is 9.47 Å². The van der Waals surface area contributed by atoms with Gasteiger partial charge in [0.2, 0.25) is 4.96 Å². The van der Waals surface area contributed by atoms with Crippen LogP contribution in [0.3, 0.4) is 0 Å². The number of nitrogens with zero attached hydrogens (tertiary/aromatic N) is 5. The standard InChI is InChI=1S/C30H23N5O4S/c1-38-24-14-13-20(16-25(24)39-2)27-21(18-34(33-27)22-11-7-4-8-12-22)17-26-29(37)35-30(40-26)31-28(36)23(32-35)15-19-9-5-3-6-10-19/h3-14,16-18H,15H2,1-2H3/b26-17-. The van der Waals surface area contributed by atoms with Crippen LogP contribution in [0.15, 0.2) is 94.6 Å². The van der Waals surface area contributed by atoms with E-state index in [1.807, 2.05) is 85.1 Å². The van der Waals surface area contributed by atoms with Gasteiger partial charge in [-0.1, -0.05) is 59.9 Å². The third-order valence-corrected chi connectivity index (χ3v) is 7.33. The zero-order chi connectivity index (χ0) is 27.6. The first-order chi connectivity index (χ1) is 19.5. The van der Waals surface area contributed by atoms with Crippen LogP contribution in [-0.4, -0.2) is 38.6 Å². The third-order valence-electron chi connectivity index (χ3n) is 6.37. The number of hydrogen-bond acceptors (Lipinski definition) is 8. The number of fused-ring (bicyclic) bond motifs is 1. The lowest BCUT2D eigenvalue weighted by molar-refractivity contribution is 0.355. The highest BCUT2D eigenvalue weighted by molar-refractivity contribution is 7.15. The molecule has 40 heavy (non-hydrogen) atoms. The normalized spacial score (nSPS) is 11.7. The lowest BCUT2D eigenvalue weighted by atomic mass is 10.1. The van der Waals surface area contributed by atoms with Crippen molar-refractivity contribution in [3.05, 3.63) is 127 Å². The lowest BCUT2D eigenvalue weighted by Crippen LogP contribution is -2.28. The van der Waals surface area contributed by atoms with Gasteiger partial charge in [0, 0.05) is 23.7 Å². The Morgan fingerprint density at radius 3 is 2.33 bits per heavy atom. The van der Waals surface area contributed by atoms with Gasteiger partial charge in [-0.15, -0.1) is 0 Å². The molecule has 3 aromatic carbocycles. The Morgan fingerprint density at radius 2 is 1.60 bits per heavy atom. The van der Waals surface area contributed by atoms with Crippen molar-refractivity contribution in [2.24, 2.45) is 0 Å². The number of hydrogen-bond donors (Lipinski definition) is 0. The van der Waals surface area contributed by atoms with Gasteiger partial charge in [0.25, 0.3) is 11.1 Å². The minimum atomic E-state index is -0.445. The number of rotatable bonds is 7. The fraction of sp³-hybridized carbons (Fsp3) is 0.100. The number of para-hydroxylation sites is 1. The van der Waals surface area contributed by atoms with Gasteiger partial charge < -0.3 is 9.47 Å². The Kier molecular flexibility index (Phi) is 6.67. The highest BCUT2D eigenvalue weighted by Gasteiger charge is 2.16. The monoisotopic (exact) mass is 549 g/mol. The molecule has 3 heterocycles. The first-order valence-electron chi connectivity index (χ1n) is 12.4. The van der Waals surface area contributed by atoms with Gasteiger partial charge in [-0.2, -0.15) is 19.7 Å². The van der Waals surface area contributed by atoms with Crippen molar-refractivity contribution in [1.29, 1.82) is 0 Å². The molecule has 0 spiro atoms. The average molecular weight is 550 g/mol. The second kappa shape index (κ2) is 10.6. The Balaban J connectivity index is 1.50. The molecule has 10 heteroatoms. The van der Waals surface area contributed by atoms with Crippen LogP contribution in [-0.2, 0) is 6.42 Å². The van der Waals surface area contributed by atoms with Crippen LogP contribution >= 0.6 is 11.3 Å². The largest absolute Gasteiger partial charge is 0.493 e. The summed E-state index contributed by atoms with van der Waals surface area (Å²) in [4.78, 5) is 30.5. The highest BCUT2D eigenvalue weighted by Crippen LogP contribution is 2.33. The third kappa shape index (κ3) is 4.76. The summed E-state index contributed by atoms with van der Waals surface area (Å²) in [5.41, 5.74) is 3.32. The molecule has 0 unspecified atom stereocenters. The van der Waals surface area contributed by atoms with E-state index in [-0.39, 0.29) is 22.6 Å². The molecule has 0 saturated carbocycles. The molecule has 9 nitrogen and oxygen atoms in total. The predicted molar refractivity (Wildman–Crippen MR) is 154 cm³/mol. The smallest absolute Gasteiger partial charge is 0.296 e. The molecule has 0 saturated heterocycles. The number of aromatic nitrogens is 5. The van der Waals surface area contributed by atoms with Gasteiger partial charge in [0.05, 0.1) is 24.4 Å². The maximum atomic E-state index is 13.4. The number of benzene rings is 3. The van der Waals surface area contributed by atoms with E-state index >= 15 is 0 Å². The van der Waals surface area contributed by atoms with E-state index in [0.717, 1.165) is 28.2 Å². The average Bonchev–Trinajstić information content (AvgIpc) is 3.54. The second-order valence-electron chi connectivity index (χ2n) is 8.92. The summed E-state index contributed by atoms with van der Waals surface area (Å²) in [5.74, 6) is 1.16. The van der Waals surface area contributed by atoms with E-state index in [2.05, 4.69) is 10.1 Å². The lowest BCUT2D eigenvalue weighted by Gasteiger charge is -2.09. The Morgan fingerprint density at radius 1 is 0.875 bits per heavy atom. The second-order valence-corrected chi connectivity index (χ2v) is 9.93. The van der Waals surface area contributed by atoms with Crippen molar-refractivity contribution in [3.8, 4) is 28.4 Å². The zero-order valence-corrected chi connectivity index (χ0v) is 22.5. The molecule has 6 aromatic rings. The summed E-state index contributed by atoms with van der Waals surface area (Å²) in [6.07, 6.45) is 3.90. The molecule has 0 fully saturated rings. The molecule has 0 aliphatic rings. The van der Waals surface area contributed by atoms with Crippen molar-refractivity contribution >= 4 is 22.4 Å². The van der Waals surface area contributed by atoms with Gasteiger partial charge in [-0.05, 0) is 42.0 Å². The molecular weight excluding hydrogens is 526 g/mol. The van der Waals surface area contributed by atoms with E-state index in [1.54, 1.807) is 25.0 Å². The zero-order valence-electron chi connectivity index (χ0n) is 21.6. The molecular formula is C30H23N5O4S. The Labute approximate surface area is 232 Å². The van der Waals surface area contributed by atoms with Crippen LogP contribution in [0.1, 0.15) is 16.8 Å². The summed E-state index contributed by atoms with van der Waals surface area (Å²) in [6.45, 7) is 0. The quantitative estimate of drug-likeness (QED) is 0.300. The van der Waals surface area contributed by atoms with Crippen LogP contribution in [0.2, 0.25) is 0 Å². The number of thiazole rings is 1. The maximum Gasteiger partial charge on any atom is 0.296 e. The fourth-order valence-electron chi connectivity index (χ4n) is 4.40. The molecule has 0 aliphatic heterocycles. The van der Waals surface area contributed by atoms with E-state index in [0.29, 0.717) is 27.3 Å². The minimum absolute atomic E-state index is 0.216. The van der Waals surface area contributed by atoms with Crippen LogP contribution in [0.4, 0.5) is 0 Å². The molecule has 0 N–H and O–H groups in total. The number of methoxy groups -OCH3 is 2. The van der Waals surface area contributed by atoms with Gasteiger partial charge in [0.1, 0.15) is 11.4 Å². The van der Waals surface area contributed by atoms with Crippen LogP contribution in [0.25, 0.3) is 28.0 Å². The predicted octanol–water partition coefficient (Wildman–Crippen LogP) is 3.52. The fourth-order valence-corrected chi connectivity index (χ4v) is 5.29. The molecule has 0 atom stereocenters. The molecule has 0 radical (unpaired) electrons. The molecule has 3 aromatic heterocycles. The van der Waals surface area contributed by atoms with Crippen molar-refractivity contribution in [2.45, 2.75) is 6.42 Å². The summed E-state index contributed by atoms with van der Waals surface area (Å²) >= 11 is 1.11. The van der Waals surface area contributed by atoms with Crippen LogP contribution in [0.5, 0.6) is 11.5 Å². The van der Waals surface area contributed by atoms with E-state index in [9.17, 15) is 9.59 Å². The number of ether oxygens (including phenoxy) is 2. The van der Waals surface area contributed by atoms with Crippen LogP contribution < -0.4 is 25.1 Å². The van der Waals surface area contributed by atoms with Gasteiger partial charge in [-0.25, -0.2) is 4.68 Å². The summed E-state index contributed by atoms with van der Waals surface area (Å²) in [7, 11) is 3.15. The first kappa shape index (κ1) is 25.2. The van der Waals surface area contributed by atoms with Gasteiger partial charge >= 0.3 is 0 Å². The van der Waals surface area contributed by atoms with Crippen molar-refractivity contribution in [3.63, 3.8) is 0 Å². The SMILES string of the molecule is COc1ccc(-c2nn(-c3ccccc3)cc2/C=c2\sc3nc(=O)c(Cc4ccccc4)nn3c2=O)cc1OC. The Bertz CT molecular complexity index is 2000. The van der Waals surface area contributed by atoms with E-state index in [4.69, 9.17) is 14.6 Å². The summed E-state index contributed by atoms with van der Waals surface area (Å²) in [5, 5.41) is 9.22. The molecule has 0 bridgehead atoms. The molecule has 0 amide bonds. The van der Waals surface area contributed by atoms with Crippen LogP contribution in [0, 0.1) is 0 Å². The summed E-state index contributed by atoms with van der Waals surface area (Å²) in [6, 6.07) is 24.7. The minimum Gasteiger partial charge on any atom is -0.493 e. The van der Waals surface area contributed by atoms with Crippen molar-refractivity contribution in [2.75, 3.05) is 14.2 Å².